The third-order valence-corrected chi connectivity index (χ3v) is 5.25. The van der Waals surface area contributed by atoms with Crippen LogP contribution in [0.25, 0.3) is 6.08 Å². The number of hydrogen-bond acceptors (Lipinski definition) is 4. The molecule has 1 fully saturated rings. The molecule has 0 aromatic heterocycles. The number of amides is 3. The van der Waals surface area contributed by atoms with E-state index in [0.717, 1.165) is 17.0 Å². The number of imide groups is 1. The number of carbonyl (C=O) groups is 3. The molecule has 0 saturated carbocycles. The molecule has 31 heavy (non-hydrogen) atoms. The molecule has 0 spiro atoms. The zero-order valence-electron chi connectivity index (χ0n) is 15.9. The second-order valence-corrected chi connectivity index (χ2v) is 7.57. The molecule has 3 amide bonds. The maximum atomic E-state index is 13.8. The predicted molar refractivity (Wildman–Crippen MR) is 107 cm³/mol. The van der Waals surface area contributed by atoms with Crippen molar-refractivity contribution in [1.29, 1.82) is 0 Å². The van der Waals surface area contributed by atoms with Gasteiger partial charge in [0.15, 0.2) is 0 Å². The van der Waals surface area contributed by atoms with Gasteiger partial charge in [-0.2, -0.15) is 13.2 Å². The van der Waals surface area contributed by atoms with Gasteiger partial charge in [-0.1, -0.05) is 36.4 Å². The summed E-state index contributed by atoms with van der Waals surface area (Å²) < 4.78 is 52.0. The molecular weight excluding hydrogens is 436 g/mol. The van der Waals surface area contributed by atoms with Gasteiger partial charge in [-0.15, -0.1) is 0 Å². The maximum absolute atomic E-state index is 13.8. The molecule has 2 aromatic carbocycles. The van der Waals surface area contributed by atoms with Gasteiger partial charge in [0, 0.05) is 18.7 Å². The van der Waals surface area contributed by atoms with Crippen LogP contribution < -0.4 is 5.32 Å². The molecule has 5 nitrogen and oxygen atoms in total. The van der Waals surface area contributed by atoms with Crippen LogP contribution in [0.2, 0.25) is 0 Å². The molecule has 1 heterocycles. The monoisotopic (exact) mass is 452 g/mol. The molecule has 162 valence electrons. The summed E-state index contributed by atoms with van der Waals surface area (Å²) in [6, 6.07) is 10.2. The number of hydrogen-bond donors (Lipinski definition) is 1. The van der Waals surface area contributed by atoms with Crippen molar-refractivity contribution < 1.29 is 31.9 Å². The molecule has 0 aliphatic carbocycles. The lowest BCUT2D eigenvalue weighted by atomic mass is 10.1. The lowest BCUT2D eigenvalue weighted by Gasteiger charge is -2.13. The zero-order chi connectivity index (χ0) is 22.6. The van der Waals surface area contributed by atoms with Crippen molar-refractivity contribution in [3.8, 4) is 0 Å². The fourth-order valence-electron chi connectivity index (χ4n) is 2.84. The van der Waals surface area contributed by atoms with E-state index < -0.39 is 34.6 Å². The lowest BCUT2D eigenvalue weighted by Crippen LogP contribution is -2.37. The fraction of sp³-hybridized carbons (Fsp3) is 0.190. The zero-order valence-corrected chi connectivity index (χ0v) is 16.7. The minimum Gasteiger partial charge on any atom is -0.354 e. The van der Waals surface area contributed by atoms with E-state index in [9.17, 15) is 31.9 Å². The number of rotatable bonds is 6. The Morgan fingerprint density at radius 3 is 2.55 bits per heavy atom. The number of thioether (sulfide) groups is 1. The first-order chi connectivity index (χ1) is 14.6. The van der Waals surface area contributed by atoms with Crippen molar-refractivity contribution in [3.05, 3.63) is 75.9 Å². The van der Waals surface area contributed by atoms with Crippen LogP contribution in [0, 0.1) is 5.82 Å². The van der Waals surface area contributed by atoms with Crippen molar-refractivity contribution in [3.63, 3.8) is 0 Å². The summed E-state index contributed by atoms with van der Waals surface area (Å²) in [4.78, 5) is 37.5. The molecule has 1 saturated heterocycles. The Kier molecular flexibility index (Phi) is 6.79. The number of nitrogens with one attached hydrogen (secondary N) is 1. The van der Waals surface area contributed by atoms with Gasteiger partial charge < -0.3 is 5.32 Å². The maximum Gasteiger partial charge on any atom is 0.416 e. The van der Waals surface area contributed by atoms with E-state index in [0.29, 0.717) is 11.8 Å². The van der Waals surface area contributed by atoms with Crippen LogP contribution in [0.5, 0.6) is 0 Å². The molecule has 0 atom stereocenters. The highest BCUT2D eigenvalue weighted by Gasteiger charge is 2.35. The molecule has 1 aliphatic rings. The average molecular weight is 452 g/mol. The van der Waals surface area contributed by atoms with E-state index in [1.165, 1.54) is 36.4 Å². The standard InChI is InChI=1S/C21H16F4N2O3S/c22-16-7-2-1-5-14(16)12-17-19(29)27(20(30)31-17)9-8-26-18(28)11-13-4-3-6-15(10-13)21(23,24)25/h1-7,10,12H,8-9,11H2,(H,26,28)/b17-12-. The molecule has 3 rings (SSSR count). The smallest absolute Gasteiger partial charge is 0.354 e. The molecule has 1 N–H and O–H groups in total. The Labute approximate surface area is 179 Å². The molecule has 0 radical (unpaired) electrons. The highest BCUT2D eigenvalue weighted by Crippen LogP contribution is 2.32. The minimum absolute atomic E-state index is 0.0605. The van der Waals surface area contributed by atoms with Crippen LogP contribution in [-0.2, 0) is 22.2 Å². The van der Waals surface area contributed by atoms with Crippen molar-refractivity contribution >= 4 is 34.9 Å². The van der Waals surface area contributed by atoms with E-state index in [-0.39, 0.29) is 35.5 Å². The first-order valence-corrected chi connectivity index (χ1v) is 9.89. The molecule has 2 aromatic rings. The SMILES string of the molecule is O=C(Cc1cccc(C(F)(F)F)c1)NCCN1C(=O)S/C(=C\c2ccccc2F)C1=O. The number of benzene rings is 2. The van der Waals surface area contributed by atoms with Crippen molar-refractivity contribution in [2.24, 2.45) is 0 Å². The van der Waals surface area contributed by atoms with Crippen molar-refractivity contribution in [2.45, 2.75) is 12.6 Å². The van der Waals surface area contributed by atoms with Crippen LogP contribution in [0.15, 0.2) is 53.4 Å². The van der Waals surface area contributed by atoms with E-state index in [1.54, 1.807) is 6.07 Å². The van der Waals surface area contributed by atoms with Gasteiger partial charge in [0.1, 0.15) is 5.82 Å². The first-order valence-electron chi connectivity index (χ1n) is 9.08. The summed E-state index contributed by atoms with van der Waals surface area (Å²) in [5.74, 6) is -1.69. The molecule has 10 heteroatoms. The quantitative estimate of drug-likeness (QED) is 0.526. The Hall–Kier alpha value is -3.14. The highest BCUT2D eigenvalue weighted by atomic mass is 32.2. The van der Waals surface area contributed by atoms with E-state index in [1.807, 2.05) is 0 Å². The van der Waals surface area contributed by atoms with Gasteiger partial charge >= 0.3 is 6.18 Å². The Morgan fingerprint density at radius 2 is 1.84 bits per heavy atom. The summed E-state index contributed by atoms with van der Waals surface area (Å²) in [6.07, 6.45) is -3.50. The number of halogens is 4. The Morgan fingerprint density at radius 1 is 1.10 bits per heavy atom. The van der Waals surface area contributed by atoms with E-state index >= 15 is 0 Å². The Bertz CT molecular complexity index is 1050. The van der Waals surface area contributed by atoms with Gasteiger partial charge in [-0.3, -0.25) is 19.3 Å². The van der Waals surface area contributed by atoms with Gasteiger partial charge in [-0.05, 0) is 35.5 Å². The lowest BCUT2D eigenvalue weighted by molar-refractivity contribution is -0.137. The summed E-state index contributed by atoms with van der Waals surface area (Å²) in [7, 11) is 0. The Balaban J connectivity index is 1.55. The third-order valence-electron chi connectivity index (χ3n) is 4.34. The highest BCUT2D eigenvalue weighted by molar-refractivity contribution is 8.18. The van der Waals surface area contributed by atoms with Crippen molar-refractivity contribution in [1.82, 2.24) is 10.2 Å². The molecule has 1 aliphatic heterocycles. The van der Waals surface area contributed by atoms with Gasteiger partial charge in [-0.25, -0.2) is 4.39 Å². The van der Waals surface area contributed by atoms with E-state index in [4.69, 9.17) is 0 Å². The van der Waals surface area contributed by atoms with Crippen LogP contribution >= 0.6 is 11.8 Å². The summed E-state index contributed by atoms with van der Waals surface area (Å²) in [6.45, 7) is -0.184. The second-order valence-electron chi connectivity index (χ2n) is 6.58. The topological polar surface area (TPSA) is 66.5 Å². The average Bonchev–Trinajstić information content (AvgIpc) is 2.96. The summed E-state index contributed by atoms with van der Waals surface area (Å²) in [5, 5.41) is 1.92. The molecule has 0 bridgehead atoms. The largest absolute Gasteiger partial charge is 0.416 e. The predicted octanol–water partition coefficient (Wildman–Crippen LogP) is 4.24. The van der Waals surface area contributed by atoms with Crippen LogP contribution in [0.1, 0.15) is 16.7 Å². The fourth-order valence-corrected chi connectivity index (χ4v) is 3.69. The normalized spacial score (nSPS) is 15.6. The van der Waals surface area contributed by atoms with Gasteiger partial charge in [0.05, 0.1) is 16.9 Å². The van der Waals surface area contributed by atoms with Crippen LogP contribution in [0.3, 0.4) is 0 Å². The summed E-state index contributed by atoms with van der Waals surface area (Å²) >= 11 is 0.663. The molecule has 0 unspecified atom stereocenters. The van der Waals surface area contributed by atoms with E-state index in [2.05, 4.69) is 5.32 Å². The number of alkyl halides is 3. The van der Waals surface area contributed by atoms with Gasteiger partial charge in [0.2, 0.25) is 5.91 Å². The first kappa shape index (κ1) is 22.5. The van der Waals surface area contributed by atoms with Crippen molar-refractivity contribution in [2.75, 3.05) is 13.1 Å². The van der Waals surface area contributed by atoms with Gasteiger partial charge in [0.25, 0.3) is 11.1 Å². The second kappa shape index (κ2) is 9.34. The number of carbonyl (C=O) groups excluding carboxylic acids is 3. The van der Waals surface area contributed by atoms with Crippen LogP contribution in [0.4, 0.5) is 22.4 Å². The number of nitrogens with zero attached hydrogens (tertiary/aromatic N) is 1. The third kappa shape index (κ3) is 5.72. The minimum atomic E-state index is -4.51. The summed E-state index contributed by atoms with van der Waals surface area (Å²) in [5.41, 5.74) is -0.494. The van der Waals surface area contributed by atoms with Crippen LogP contribution in [-0.4, -0.2) is 35.0 Å². The molecular formula is C21H16F4N2O3S.